The number of piperidine rings is 1. The number of halogens is 2. The Morgan fingerprint density at radius 3 is 2.49 bits per heavy atom. The largest absolute Gasteiger partial charge is 0.355 e. The van der Waals surface area contributed by atoms with Gasteiger partial charge in [0, 0.05) is 29.2 Å². The molecular weight excluding hydrogens is 479 g/mol. The topological polar surface area (TPSA) is 50.1 Å². The summed E-state index contributed by atoms with van der Waals surface area (Å²) >= 11 is 12.6. The number of rotatable bonds is 4. The van der Waals surface area contributed by atoms with Gasteiger partial charge in [0.1, 0.15) is 11.3 Å². The smallest absolute Gasteiger partial charge is 0.179 e. The molecule has 1 unspecified atom stereocenters. The van der Waals surface area contributed by atoms with Crippen LogP contribution in [-0.4, -0.2) is 56.9 Å². The number of aryl methyl sites for hydroxylation is 1. The Balaban J connectivity index is 1.38. The Morgan fingerprint density at radius 1 is 1.03 bits per heavy atom. The van der Waals surface area contributed by atoms with E-state index in [2.05, 4.69) is 23.6 Å². The second-order valence-electron chi connectivity index (χ2n) is 10.4. The Labute approximate surface area is 218 Å². The van der Waals surface area contributed by atoms with Gasteiger partial charge < -0.3 is 4.90 Å². The van der Waals surface area contributed by atoms with Crippen molar-refractivity contribution >= 4 is 40.2 Å². The van der Waals surface area contributed by atoms with Gasteiger partial charge in [0.05, 0.1) is 17.9 Å². The van der Waals surface area contributed by atoms with Gasteiger partial charge in [0.15, 0.2) is 5.65 Å². The van der Waals surface area contributed by atoms with Crippen LogP contribution in [0.2, 0.25) is 10.0 Å². The minimum atomic E-state index is -0.0858. The fourth-order valence-electron chi connectivity index (χ4n) is 5.92. The van der Waals surface area contributed by atoms with Crippen LogP contribution >= 0.6 is 23.2 Å². The summed E-state index contributed by atoms with van der Waals surface area (Å²) in [5.74, 6) is 1.53. The molecule has 0 amide bonds. The minimum absolute atomic E-state index is 0.0858. The fourth-order valence-corrected chi connectivity index (χ4v) is 6.49. The van der Waals surface area contributed by atoms with Gasteiger partial charge in [-0.2, -0.15) is 5.10 Å². The predicted molar refractivity (Wildman–Crippen MR) is 145 cm³/mol. The normalized spacial score (nSPS) is 23.3. The van der Waals surface area contributed by atoms with E-state index >= 15 is 0 Å². The highest BCUT2D eigenvalue weighted by Gasteiger charge is 2.31. The number of anilines is 1. The summed E-state index contributed by atoms with van der Waals surface area (Å²) in [6.45, 7) is 11.0. The molecule has 0 aliphatic carbocycles. The van der Waals surface area contributed by atoms with E-state index in [1.807, 2.05) is 29.9 Å². The third-order valence-corrected chi connectivity index (χ3v) is 8.44. The maximum Gasteiger partial charge on any atom is 0.179 e. The van der Waals surface area contributed by atoms with Crippen molar-refractivity contribution in [1.82, 2.24) is 24.6 Å². The van der Waals surface area contributed by atoms with Gasteiger partial charge in [0.2, 0.25) is 0 Å². The molecule has 0 saturated carbocycles. The van der Waals surface area contributed by atoms with Crippen LogP contribution in [-0.2, 0) is 0 Å². The van der Waals surface area contributed by atoms with Gasteiger partial charge in [-0.25, -0.2) is 14.6 Å². The summed E-state index contributed by atoms with van der Waals surface area (Å²) in [7, 11) is 0. The van der Waals surface area contributed by atoms with Crippen molar-refractivity contribution in [2.24, 2.45) is 5.92 Å². The van der Waals surface area contributed by atoms with Crippen LogP contribution in [0.25, 0.3) is 11.2 Å². The van der Waals surface area contributed by atoms with Gasteiger partial charge in [-0.05, 0) is 69.8 Å². The highest BCUT2D eigenvalue weighted by molar-refractivity contribution is 6.35. The van der Waals surface area contributed by atoms with Crippen LogP contribution in [0.15, 0.2) is 24.4 Å². The molecule has 3 atom stereocenters. The molecule has 3 aromatic rings. The third-order valence-electron chi connectivity index (χ3n) is 7.88. The molecule has 1 aromatic carbocycles. The second kappa shape index (κ2) is 10.6. The maximum absolute atomic E-state index is 6.52. The predicted octanol–water partition coefficient (Wildman–Crippen LogP) is 6.53. The van der Waals surface area contributed by atoms with Gasteiger partial charge in [-0.15, -0.1) is 0 Å². The van der Waals surface area contributed by atoms with E-state index in [9.17, 15) is 0 Å². The zero-order chi connectivity index (χ0) is 24.5. The molecule has 35 heavy (non-hydrogen) atoms. The van der Waals surface area contributed by atoms with Crippen LogP contribution in [0, 0.1) is 12.8 Å². The number of likely N-dealkylation sites (tertiary alicyclic amines) is 1. The van der Waals surface area contributed by atoms with Gasteiger partial charge in [0.25, 0.3) is 0 Å². The molecule has 2 aliphatic rings. The summed E-state index contributed by atoms with van der Waals surface area (Å²) in [6.07, 6.45) is 9.95. The first-order valence-corrected chi connectivity index (χ1v) is 13.8. The van der Waals surface area contributed by atoms with Crippen LogP contribution < -0.4 is 4.90 Å². The summed E-state index contributed by atoms with van der Waals surface area (Å²) in [5.41, 5.74) is 3.49. The number of hydrogen-bond acceptors (Lipinski definition) is 5. The minimum Gasteiger partial charge on any atom is -0.355 e. The lowest BCUT2D eigenvalue weighted by atomic mass is 9.91. The standard InChI is InChI=1S/C27H36Cl2N6/c1-18-17-34(14-11-24(18)33-12-7-5-4-6-8-13-33)25-16-30-26-19(2)32-35(27(26)31-25)20(3)22-10-9-21(28)15-23(22)29/h9-10,15-16,18,20,24H,4-8,11-14,17H2,1-3H3/t18-,20?,24+/m1/s1. The van der Waals surface area contributed by atoms with E-state index < -0.39 is 0 Å². The molecule has 0 radical (unpaired) electrons. The number of nitrogens with zero attached hydrogens (tertiary/aromatic N) is 6. The molecule has 0 spiro atoms. The number of aromatic nitrogens is 4. The first kappa shape index (κ1) is 24.8. The van der Waals surface area contributed by atoms with Crippen LogP contribution in [0.3, 0.4) is 0 Å². The zero-order valence-electron chi connectivity index (χ0n) is 21.1. The fraction of sp³-hybridized carbons (Fsp3) is 0.593. The van der Waals surface area contributed by atoms with Gasteiger partial charge in [-0.1, -0.05) is 55.5 Å². The van der Waals surface area contributed by atoms with E-state index in [0.29, 0.717) is 22.0 Å². The molecule has 2 aliphatic heterocycles. The Bertz CT molecular complexity index is 1170. The summed E-state index contributed by atoms with van der Waals surface area (Å²) < 4.78 is 1.95. The Kier molecular flexibility index (Phi) is 7.52. The van der Waals surface area contributed by atoms with Crippen molar-refractivity contribution in [3.63, 3.8) is 0 Å². The van der Waals surface area contributed by atoms with E-state index in [0.717, 1.165) is 41.3 Å². The van der Waals surface area contributed by atoms with Gasteiger partial charge >= 0.3 is 0 Å². The average molecular weight is 516 g/mol. The molecule has 0 bridgehead atoms. The Morgan fingerprint density at radius 2 is 1.77 bits per heavy atom. The molecule has 6 nitrogen and oxygen atoms in total. The lowest BCUT2D eigenvalue weighted by molar-refractivity contribution is 0.118. The van der Waals surface area contributed by atoms with Crippen LogP contribution in [0.4, 0.5) is 5.82 Å². The van der Waals surface area contributed by atoms with E-state index in [4.69, 9.17) is 38.3 Å². The SMILES string of the molecule is Cc1nn(C(C)c2ccc(Cl)cc2Cl)c2nc(N3CC[C@H](N4CCCCCCC4)[C@H](C)C3)cnc12. The van der Waals surface area contributed by atoms with Crippen molar-refractivity contribution in [2.75, 3.05) is 31.1 Å². The number of benzene rings is 1. The van der Waals surface area contributed by atoms with E-state index in [1.165, 1.54) is 51.6 Å². The molecule has 0 N–H and O–H groups in total. The highest BCUT2D eigenvalue weighted by Crippen LogP contribution is 2.32. The zero-order valence-corrected chi connectivity index (χ0v) is 22.6. The van der Waals surface area contributed by atoms with Crippen molar-refractivity contribution < 1.29 is 0 Å². The van der Waals surface area contributed by atoms with E-state index in [1.54, 1.807) is 6.07 Å². The van der Waals surface area contributed by atoms with Crippen molar-refractivity contribution in [2.45, 2.75) is 71.4 Å². The van der Waals surface area contributed by atoms with Crippen molar-refractivity contribution in [3.8, 4) is 0 Å². The van der Waals surface area contributed by atoms with Crippen molar-refractivity contribution in [1.29, 1.82) is 0 Å². The average Bonchev–Trinajstić information content (AvgIpc) is 3.15. The van der Waals surface area contributed by atoms with Gasteiger partial charge in [-0.3, -0.25) is 4.90 Å². The lowest BCUT2D eigenvalue weighted by Gasteiger charge is -2.43. The first-order chi connectivity index (χ1) is 16.9. The number of fused-ring (bicyclic) bond motifs is 1. The van der Waals surface area contributed by atoms with Crippen LogP contribution in [0.1, 0.15) is 69.7 Å². The quantitative estimate of drug-likeness (QED) is 0.395. The van der Waals surface area contributed by atoms with Crippen LogP contribution in [0.5, 0.6) is 0 Å². The highest BCUT2D eigenvalue weighted by atomic mass is 35.5. The number of hydrogen-bond donors (Lipinski definition) is 0. The lowest BCUT2D eigenvalue weighted by Crippen LogP contribution is -2.51. The first-order valence-electron chi connectivity index (χ1n) is 13.1. The Hall–Kier alpha value is -1.89. The maximum atomic E-state index is 6.52. The molecule has 4 heterocycles. The molecule has 2 fully saturated rings. The molecule has 188 valence electrons. The summed E-state index contributed by atoms with van der Waals surface area (Å²) in [5, 5.41) is 6.06. The van der Waals surface area contributed by atoms with E-state index in [-0.39, 0.29) is 6.04 Å². The molecule has 2 saturated heterocycles. The third kappa shape index (κ3) is 5.16. The molecule has 2 aromatic heterocycles. The molecule has 5 rings (SSSR count). The van der Waals surface area contributed by atoms with Crippen molar-refractivity contribution in [3.05, 3.63) is 45.7 Å². The second-order valence-corrected chi connectivity index (χ2v) is 11.2. The molecular formula is C27H36Cl2N6. The summed E-state index contributed by atoms with van der Waals surface area (Å²) in [6, 6.07) is 6.19. The monoisotopic (exact) mass is 514 g/mol. The molecule has 8 heteroatoms. The summed E-state index contributed by atoms with van der Waals surface area (Å²) in [4.78, 5) is 15.1.